The predicted molar refractivity (Wildman–Crippen MR) is 113 cm³/mol. The molecule has 0 aliphatic rings. The van der Waals surface area contributed by atoms with Crippen LogP contribution in [0.15, 0.2) is 65.1 Å². The number of hydrogen-bond donors (Lipinski definition) is 1. The molecule has 0 spiro atoms. The summed E-state index contributed by atoms with van der Waals surface area (Å²) >= 11 is 0. The summed E-state index contributed by atoms with van der Waals surface area (Å²) in [5.41, 5.74) is 2.30. The van der Waals surface area contributed by atoms with Crippen molar-refractivity contribution in [3.05, 3.63) is 77.7 Å². The molecule has 0 bridgehead atoms. The van der Waals surface area contributed by atoms with E-state index < -0.39 is 12.0 Å². The minimum Gasteiger partial charge on any atom is -0.457 e. The molecule has 1 amide bonds. The van der Waals surface area contributed by atoms with Crippen LogP contribution in [0.1, 0.15) is 30.9 Å². The molecule has 0 fully saturated rings. The van der Waals surface area contributed by atoms with Crippen LogP contribution in [0.2, 0.25) is 0 Å². The third-order valence-electron chi connectivity index (χ3n) is 4.71. The van der Waals surface area contributed by atoms with Crippen molar-refractivity contribution < 1.29 is 18.7 Å². The lowest BCUT2D eigenvalue weighted by Gasteiger charge is -2.20. The molecule has 30 heavy (non-hydrogen) atoms. The fourth-order valence-corrected chi connectivity index (χ4v) is 3.00. The van der Waals surface area contributed by atoms with Crippen molar-refractivity contribution in [3.8, 4) is 11.5 Å². The number of benzene rings is 2. The molecule has 1 aromatic heterocycles. The summed E-state index contributed by atoms with van der Waals surface area (Å²) in [6.07, 6.45) is 0.209. The van der Waals surface area contributed by atoms with Crippen LogP contribution in [0.25, 0.3) is 11.5 Å². The fraction of sp³-hybridized carbons (Fsp3) is 0.292. The van der Waals surface area contributed by atoms with Gasteiger partial charge in [-0.3, -0.25) is 4.79 Å². The van der Waals surface area contributed by atoms with Gasteiger partial charge in [-0.05, 0) is 30.5 Å². The van der Waals surface area contributed by atoms with Crippen molar-refractivity contribution in [3.63, 3.8) is 0 Å². The number of rotatable bonds is 8. The van der Waals surface area contributed by atoms with E-state index in [-0.39, 0.29) is 24.9 Å². The van der Waals surface area contributed by atoms with Crippen LogP contribution in [0.5, 0.6) is 0 Å². The monoisotopic (exact) mass is 406 g/mol. The van der Waals surface area contributed by atoms with Crippen LogP contribution in [-0.2, 0) is 27.4 Å². The second-order valence-corrected chi connectivity index (χ2v) is 7.45. The first-order valence-corrected chi connectivity index (χ1v) is 9.95. The first-order valence-electron chi connectivity index (χ1n) is 9.95. The van der Waals surface area contributed by atoms with E-state index in [1.165, 1.54) is 0 Å². The van der Waals surface area contributed by atoms with Crippen molar-refractivity contribution in [1.29, 1.82) is 0 Å². The summed E-state index contributed by atoms with van der Waals surface area (Å²) in [5.74, 6) is 0.248. The number of nitrogens with one attached hydrogen (secondary N) is 1. The van der Waals surface area contributed by atoms with E-state index in [4.69, 9.17) is 9.15 Å². The highest BCUT2D eigenvalue weighted by Gasteiger charge is 2.26. The van der Waals surface area contributed by atoms with Crippen LogP contribution in [0.4, 0.5) is 0 Å². The summed E-state index contributed by atoms with van der Waals surface area (Å²) in [5, 5.41) is 2.79. The minimum absolute atomic E-state index is 0.0151. The van der Waals surface area contributed by atoms with Gasteiger partial charge >= 0.3 is 5.97 Å². The van der Waals surface area contributed by atoms with Crippen molar-refractivity contribution in [1.82, 2.24) is 10.3 Å². The van der Waals surface area contributed by atoms with E-state index >= 15 is 0 Å². The van der Waals surface area contributed by atoms with E-state index in [0.29, 0.717) is 17.3 Å². The highest BCUT2D eigenvalue weighted by atomic mass is 16.5. The Kier molecular flexibility index (Phi) is 7.01. The van der Waals surface area contributed by atoms with E-state index in [2.05, 4.69) is 10.3 Å². The summed E-state index contributed by atoms with van der Waals surface area (Å²) in [6, 6.07) is 18.2. The van der Waals surface area contributed by atoms with Crippen LogP contribution in [-0.4, -0.2) is 22.9 Å². The Labute approximate surface area is 176 Å². The number of oxazole rings is 1. The summed E-state index contributed by atoms with van der Waals surface area (Å²) in [7, 11) is 0. The maximum Gasteiger partial charge on any atom is 0.329 e. The largest absolute Gasteiger partial charge is 0.457 e. The van der Waals surface area contributed by atoms with Gasteiger partial charge in [0.15, 0.2) is 0 Å². The maximum absolute atomic E-state index is 12.6. The molecule has 3 aromatic rings. The number of carbonyl (C=O) groups is 2. The zero-order chi connectivity index (χ0) is 21.5. The quantitative estimate of drug-likeness (QED) is 0.570. The molecule has 1 N–H and O–H groups in total. The average molecular weight is 406 g/mol. The second-order valence-electron chi connectivity index (χ2n) is 7.45. The molecule has 0 aliphatic carbocycles. The zero-order valence-corrected chi connectivity index (χ0v) is 17.4. The van der Waals surface area contributed by atoms with Crippen LogP contribution >= 0.6 is 0 Å². The lowest BCUT2D eigenvalue weighted by Crippen LogP contribution is -2.45. The van der Waals surface area contributed by atoms with Gasteiger partial charge in [0.25, 0.3) is 0 Å². The molecule has 1 heterocycles. The van der Waals surface area contributed by atoms with E-state index in [1.54, 1.807) is 6.92 Å². The molecule has 3 rings (SSSR count). The Morgan fingerprint density at radius 2 is 1.67 bits per heavy atom. The zero-order valence-electron chi connectivity index (χ0n) is 17.4. The van der Waals surface area contributed by atoms with Crippen molar-refractivity contribution >= 4 is 11.9 Å². The average Bonchev–Trinajstić information content (AvgIpc) is 3.12. The van der Waals surface area contributed by atoms with Gasteiger partial charge in [-0.25, -0.2) is 9.78 Å². The molecule has 2 aromatic carbocycles. The number of amides is 1. The fourth-order valence-electron chi connectivity index (χ4n) is 3.00. The number of nitrogens with zero attached hydrogens (tertiary/aromatic N) is 1. The van der Waals surface area contributed by atoms with Gasteiger partial charge in [0.1, 0.15) is 24.1 Å². The first kappa shape index (κ1) is 21.3. The SMILES string of the molecule is Cc1oc(-c2ccccc2)nc1COC(=O)[C@@H](NC(=O)Cc1ccccc1)C(C)C. The van der Waals surface area contributed by atoms with Crippen molar-refractivity contribution in [2.24, 2.45) is 5.92 Å². The molecule has 6 nitrogen and oxygen atoms in total. The van der Waals surface area contributed by atoms with Gasteiger partial charge < -0.3 is 14.5 Å². The van der Waals surface area contributed by atoms with E-state index in [1.807, 2.05) is 74.5 Å². The van der Waals surface area contributed by atoms with Crippen molar-refractivity contribution in [2.45, 2.75) is 39.8 Å². The second kappa shape index (κ2) is 9.87. The summed E-state index contributed by atoms with van der Waals surface area (Å²) in [6.45, 7) is 5.50. The number of aromatic nitrogens is 1. The maximum atomic E-state index is 12.6. The van der Waals surface area contributed by atoms with Gasteiger partial charge in [-0.1, -0.05) is 62.4 Å². The summed E-state index contributed by atoms with van der Waals surface area (Å²) < 4.78 is 11.2. The molecule has 1 atom stereocenters. The number of aryl methyl sites for hydroxylation is 1. The number of hydrogen-bond acceptors (Lipinski definition) is 5. The number of esters is 1. The molecule has 6 heteroatoms. The molecule has 0 saturated heterocycles. The van der Waals surface area contributed by atoms with E-state index in [9.17, 15) is 9.59 Å². The topological polar surface area (TPSA) is 81.4 Å². The Bertz CT molecular complexity index is 981. The molecule has 0 unspecified atom stereocenters. The van der Waals surface area contributed by atoms with Gasteiger partial charge in [0, 0.05) is 5.56 Å². The highest BCUT2D eigenvalue weighted by molar-refractivity contribution is 5.85. The third-order valence-corrected chi connectivity index (χ3v) is 4.71. The van der Waals surface area contributed by atoms with Gasteiger partial charge in [0.05, 0.1) is 6.42 Å². The highest BCUT2D eigenvalue weighted by Crippen LogP contribution is 2.22. The molecular weight excluding hydrogens is 380 g/mol. The molecular formula is C24H26N2O4. The third kappa shape index (κ3) is 5.56. The Morgan fingerprint density at radius 3 is 2.30 bits per heavy atom. The normalized spacial score (nSPS) is 11.9. The Morgan fingerprint density at radius 1 is 1.03 bits per heavy atom. The van der Waals surface area contributed by atoms with Crippen LogP contribution < -0.4 is 5.32 Å². The van der Waals surface area contributed by atoms with Gasteiger partial charge in [-0.2, -0.15) is 0 Å². The number of carbonyl (C=O) groups excluding carboxylic acids is 2. The Hall–Kier alpha value is -3.41. The predicted octanol–water partition coefficient (Wildman–Crippen LogP) is 4.08. The smallest absolute Gasteiger partial charge is 0.329 e. The first-order chi connectivity index (χ1) is 14.4. The summed E-state index contributed by atoms with van der Waals surface area (Å²) in [4.78, 5) is 29.5. The van der Waals surface area contributed by atoms with Crippen molar-refractivity contribution in [2.75, 3.05) is 0 Å². The van der Waals surface area contributed by atoms with Crippen LogP contribution in [0.3, 0.4) is 0 Å². The molecule has 156 valence electrons. The van der Waals surface area contributed by atoms with Gasteiger partial charge in [0.2, 0.25) is 11.8 Å². The Balaban J connectivity index is 1.60. The van der Waals surface area contributed by atoms with Gasteiger partial charge in [-0.15, -0.1) is 0 Å². The molecule has 0 saturated carbocycles. The minimum atomic E-state index is -0.734. The molecule has 0 radical (unpaired) electrons. The van der Waals surface area contributed by atoms with Crippen LogP contribution in [0, 0.1) is 12.8 Å². The number of ether oxygens (including phenoxy) is 1. The lowest BCUT2D eigenvalue weighted by atomic mass is 10.0. The molecule has 0 aliphatic heterocycles. The lowest BCUT2D eigenvalue weighted by molar-refractivity contribution is -0.150. The standard InChI is InChI=1S/C24H26N2O4/c1-16(2)22(26-21(27)14-18-10-6-4-7-11-18)24(28)29-15-20-17(3)30-23(25-20)19-12-8-5-9-13-19/h4-13,16,22H,14-15H2,1-3H3,(H,26,27)/t22-/m0/s1. The van der Waals surface area contributed by atoms with E-state index in [0.717, 1.165) is 11.1 Å².